The molecule has 2 aliphatic rings. The zero-order chi connectivity index (χ0) is 25.7. The van der Waals surface area contributed by atoms with E-state index in [0.29, 0.717) is 51.0 Å². The molecule has 7 nitrogen and oxygen atoms in total. The molecule has 0 bridgehead atoms. The maximum Gasteiger partial charge on any atom is 0.335 e. The number of pyridine rings is 1. The van der Waals surface area contributed by atoms with Gasteiger partial charge < -0.3 is 19.1 Å². The van der Waals surface area contributed by atoms with Crippen molar-refractivity contribution in [1.82, 2.24) is 10.1 Å². The molecule has 1 N–H and O–H groups in total. The lowest BCUT2D eigenvalue weighted by Crippen LogP contribution is -2.04. The summed E-state index contributed by atoms with van der Waals surface area (Å²) < 4.78 is 18.0. The number of aromatic carboxylic acids is 1. The molecule has 1 aliphatic carbocycles. The van der Waals surface area contributed by atoms with Crippen LogP contribution >= 0.6 is 23.2 Å². The summed E-state index contributed by atoms with van der Waals surface area (Å²) in [6, 6.07) is 13.8. The average molecular weight is 537 g/mol. The second-order valence-electron chi connectivity index (χ2n) is 9.39. The smallest absolute Gasteiger partial charge is 0.335 e. The van der Waals surface area contributed by atoms with E-state index in [1.165, 1.54) is 0 Å². The Labute approximate surface area is 222 Å². The van der Waals surface area contributed by atoms with E-state index in [1.54, 1.807) is 48.5 Å². The van der Waals surface area contributed by atoms with Crippen molar-refractivity contribution < 1.29 is 23.9 Å². The minimum absolute atomic E-state index is 0.0790. The highest BCUT2D eigenvalue weighted by Crippen LogP contribution is 2.46. The van der Waals surface area contributed by atoms with Crippen molar-refractivity contribution >= 4 is 29.2 Å². The third-order valence-corrected chi connectivity index (χ3v) is 7.38. The number of hydrogen-bond donors (Lipinski definition) is 1. The molecule has 1 saturated carbocycles. The fourth-order valence-corrected chi connectivity index (χ4v) is 5.24. The maximum atomic E-state index is 11.4. The van der Waals surface area contributed by atoms with Crippen molar-refractivity contribution in [2.24, 2.45) is 0 Å². The van der Waals surface area contributed by atoms with Crippen LogP contribution in [-0.4, -0.2) is 21.2 Å². The van der Waals surface area contributed by atoms with E-state index < -0.39 is 5.97 Å². The van der Waals surface area contributed by atoms with Crippen molar-refractivity contribution in [3.63, 3.8) is 0 Å². The Kier molecular flexibility index (Phi) is 6.05. The monoisotopic (exact) mass is 536 g/mol. The summed E-state index contributed by atoms with van der Waals surface area (Å²) in [5, 5.41) is 14.7. The van der Waals surface area contributed by atoms with Crippen LogP contribution in [-0.2, 0) is 13.0 Å². The van der Waals surface area contributed by atoms with E-state index in [9.17, 15) is 9.90 Å². The molecule has 2 aromatic heterocycles. The van der Waals surface area contributed by atoms with Gasteiger partial charge >= 0.3 is 5.97 Å². The fraction of sp³-hybridized carbons (Fsp3) is 0.250. The molecular formula is C28H22Cl2N2O5. The minimum atomic E-state index is -0.998. The molecule has 4 aromatic rings. The zero-order valence-corrected chi connectivity index (χ0v) is 21.3. The van der Waals surface area contributed by atoms with Crippen molar-refractivity contribution in [2.75, 3.05) is 0 Å². The lowest BCUT2D eigenvalue weighted by atomic mass is 9.95. The van der Waals surface area contributed by atoms with Gasteiger partial charge in [-0.05, 0) is 54.7 Å². The molecule has 9 heteroatoms. The summed E-state index contributed by atoms with van der Waals surface area (Å²) >= 11 is 12.9. The van der Waals surface area contributed by atoms with Crippen LogP contribution in [0.1, 0.15) is 64.5 Å². The Hall–Kier alpha value is -3.55. The first-order valence-corrected chi connectivity index (χ1v) is 12.7. The number of benzene rings is 2. The van der Waals surface area contributed by atoms with Gasteiger partial charge in [0.25, 0.3) is 0 Å². The number of rotatable bonds is 6. The number of aromatic nitrogens is 2. The molecule has 1 fully saturated rings. The number of carbonyl (C=O) groups is 1. The van der Waals surface area contributed by atoms with Crippen LogP contribution in [0.25, 0.3) is 11.3 Å². The zero-order valence-electron chi connectivity index (χ0n) is 19.8. The van der Waals surface area contributed by atoms with Gasteiger partial charge in [-0.2, -0.15) is 0 Å². The van der Waals surface area contributed by atoms with E-state index in [2.05, 4.69) is 12.1 Å². The lowest BCUT2D eigenvalue weighted by molar-refractivity contribution is 0.0696. The summed E-state index contributed by atoms with van der Waals surface area (Å²) in [5.74, 6) is 1.73. The molecule has 1 unspecified atom stereocenters. The predicted octanol–water partition coefficient (Wildman–Crippen LogP) is 7.65. The summed E-state index contributed by atoms with van der Waals surface area (Å²) in [7, 11) is 0. The predicted molar refractivity (Wildman–Crippen MR) is 138 cm³/mol. The molecule has 6 rings (SSSR count). The molecule has 3 heterocycles. The summed E-state index contributed by atoms with van der Waals surface area (Å²) in [6.45, 7) is 2.25. The summed E-state index contributed by atoms with van der Waals surface area (Å²) in [5.41, 5.74) is 3.86. The SMILES string of the molecule is CC1Cc2nc(OCc3c(-c4c(Cl)cccc4Cl)noc3C3CC3)ccc2Oc2cc(C(=O)O)ccc21. The molecule has 0 radical (unpaired) electrons. The highest BCUT2D eigenvalue weighted by molar-refractivity contribution is 6.39. The summed E-state index contributed by atoms with van der Waals surface area (Å²) in [6.07, 6.45) is 2.69. The number of hydrogen-bond acceptors (Lipinski definition) is 6. The standard InChI is InChI=1S/C28H22Cl2N2O5/c1-14-11-21-22(36-23-12-16(28(33)34)7-8-17(14)23)9-10-24(31-21)35-13-18-26(32-37-27(18)15-5-6-15)25-19(29)3-2-4-20(25)30/h2-4,7-10,12,14-15H,5-6,11,13H2,1H3,(H,33,34). The lowest BCUT2D eigenvalue weighted by Gasteiger charge is -2.12. The van der Waals surface area contributed by atoms with Gasteiger partial charge in [-0.3, -0.25) is 0 Å². The fourth-order valence-electron chi connectivity index (χ4n) is 4.66. The Morgan fingerprint density at radius 2 is 1.89 bits per heavy atom. The number of ether oxygens (including phenoxy) is 2. The topological polar surface area (TPSA) is 94.7 Å². The van der Waals surface area contributed by atoms with Crippen LogP contribution in [0.15, 0.2) is 53.1 Å². The van der Waals surface area contributed by atoms with E-state index in [4.69, 9.17) is 42.2 Å². The van der Waals surface area contributed by atoms with Crippen molar-refractivity contribution in [2.45, 2.75) is 44.6 Å². The van der Waals surface area contributed by atoms with Crippen molar-refractivity contribution in [3.05, 3.63) is 86.7 Å². The molecule has 0 amide bonds. The van der Waals surface area contributed by atoms with Gasteiger partial charge in [0.05, 0.1) is 26.9 Å². The molecule has 0 spiro atoms. The third kappa shape index (κ3) is 4.54. The molecule has 1 atom stereocenters. The molecule has 37 heavy (non-hydrogen) atoms. The number of nitrogens with zero attached hydrogens (tertiary/aromatic N) is 2. The number of halogens is 2. The van der Waals surface area contributed by atoms with Gasteiger partial charge in [0.2, 0.25) is 5.88 Å². The average Bonchev–Trinajstić information content (AvgIpc) is 3.65. The first-order chi connectivity index (χ1) is 17.9. The molecule has 1 aliphatic heterocycles. The van der Waals surface area contributed by atoms with Crippen LogP contribution < -0.4 is 9.47 Å². The Balaban J connectivity index is 1.29. The van der Waals surface area contributed by atoms with Gasteiger partial charge in [0, 0.05) is 24.0 Å². The molecule has 2 aromatic carbocycles. The van der Waals surface area contributed by atoms with Crippen molar-refractivity contribution in [1.29, 1.82) is 0 Å². The van der Waals surface area contributed by atoms with E-state index in [1.807, 2.05) is 0 Å². The maximum absolute atomic E-state index is 11.4. The first kappa shape index (κ1) is 23.8. The third-order valence-electron chi connectivity index (χ3n) is 6.75. The minimum Gasteiger partial charge on any atom is -0.478 e. The molecular weight excluding hydrogens is 515 g/mol. The van der Waals surface area contributed by atoms with Gasteiger partial charge in [-0.1, -0.05) is 47.4 Å². The van der Waals surface area contributed by atoms with Crippen LogP contribution in [0.2, 0.25) is 10.0 Å². The normalized spacial score (nSPS) is 16.4. The van der Waals surface area contributed by atoms with Crippen LogP contribution in [0.5, 0.6) is 17.4 Å². The van der Waals surface area contributed by atoms with Gasteiger partial charge in [0.1, 0.15) is 29.6 Å². The molecule has 188 valence electrons. The largest absolute Gasteiger partial charge is 0.478 e. The molecule has 0 saturated heterocycles. The number of carboxylic acid groups (broad SMARTS) is 1. The second kappa shape index (κ2) is 9.39. The van der Waals surface area contributed by atoms with Crippen molar-refractivity contribution in [3.8, 4) is 28.6 Å². The van der Waals surface area contributed by atoms with E-state index >= 15 is 0 Å². The first-order valence-electron chi connectivity index (χ1n) is 12.0. The number of fused-ring (bicyclic) bond motifs is 2. The quantitative estimate of drug-likeness (QED) is 0.270. The highest BCUT2D eigenvalue weighted by atomic mass is 35.5. The summed E-state index contributed by atoms with van der Waals surface area (Å²) in [4.78, 5) is 16.1. The van der Waals surface area contributed by atoms with Gasteiger partial charge in [-0.25, -0.2) is 9.78 Å². The second-order valence-corrected chi connectivity index (χ2v) is 10.2. The van der Waals surface area contributed by atoms with E-state index in [-0.39, 0.29) is 18.1 Å². The Bertz CT molecular complexity index is 1510. The Morgan fingerprint density at radius 3 is 2.62 bits per heavy atom. The van der Waals surface area contributed by atoms with Gasteiger partial charge in [-0.15, -0.1) is 0 Å². The highest BCUT2D eigenvalue weighted by Gasteiger charge is 2.34. The number of carboxylic acids is 1. The van der Waals surface area contributed by atoms with E-state index in [0.717, 1.165) is 35.4 Å². The van der Waals surface area contributed by atoms with Gasteiger partial charge in [0.15, 0.2) is 0 Å². The Morgan fingerprint density at radius 1 is 1.11 bits per heavy atom. The van der Waals surface area contributed by atoms with Crippen LogP contribution in [0.4, 0.5) is 0 Å². The van der Waals surface area contributed by atoms with Crippen LogP contribution in [0, 0.1) is 0 Å². The van der Waals surface area contributed by atoms with Crippen LogP contribution in [0.3, 0.4) is 0 Å².